The molecule has 0 aliphatic carbocycles. The van der Waals surface area contributed by atoms with Crippen molar-refractivity contribution in [3.63, 3.8) is 0 Å². The van der Waals surface area contributed by atoms with E-state index in [1.807, 2.05) is 4.90 Å². The fourth-order valence-corrected chi connectivity index (χ4v) is 6.99. The van der Waals surface area contributed by atoms with Gasteiger partial charge < -0.3 is 0 Å². The molecule has 12 heteroatoms. The quantitative estimate of drug-likeness (QED) is 0.291. The molecule has 0 atom stereocenters. The summed E-state index contributed by atoms with van der Waals surface area (Å²) in [6.07, 6.45) is -3.96. The Kier molecular flexibility index (Phi) is 9.15. The largest absolute Gasteiger partial charge is 0.416 e. The minimum absolute atomic E-state index is 0.0382. The van der Waals surface area contributed by atoms with Crippen molar-refractivity contribution in [2.45, 2.75) is 49.8 Å². The van der Waals surface area contributed by atoms with Crippen LogP contribution in [0.2, 0.25) is 0 Å². The summed E-state index contributed by atoms with van der Waals surface area (Å²) in [5.74, 6) is -1.30. The number of amides is 1. The molecule has 1 amide bonds. The fourth-order valence-electron chi connectivity index (χ4n) is 5.06. The third-order valence-corrected chi connectivity index (χ3v) is 9.07. The first kappa shape index (κ1) is 30.6. The summed E-state index contributed by atoms with van der Waals surface area (Å²) in [5, 5.41) is 0. The van der Waals surface area contributed by atoms with E-state index < -0.39 is 50.4 Å². The van der Waals surface area contributed by atoms with Gasteiger partial charge in [-0.2, -0.15) is 17.5 Å². The van der Waals surface area contributed by atoms with Crippen molar-refractivity contribution in [2.75, 3.05) is 24.5 Å². The van der Waals surface area contributed by atoms with E-state index in [0.717, 1.165) is 18.2 Å². The van der Waals surface area contributed by atoms with Crippen LogP contribution in [0.15, 0.2) is 77.7 Å². The van der Waals surface area contributed by atoms with Crippen molar-refractivity contribution in [1.29, 1.82) is 0 Å². The maximum atomic E-state index is 13.5. The highest BCUT2D eigenvalue weighted by Crippen LogP contribution is 2.33. The van der Waals surface area contributed by atoms with Gasteiger partial charge >= 0.3 is 6.18 Å². The molecule has 0 N–H and O–H groups in total. The molecule has 1 heterocycles. The molecule has 4 rings (SSSR count). The second-order valence-electron chi connectivity index (χ2n) is 10.1. The highest BCUT2D eigenvalue weighted by atomic mass is 32.2. The van der Waals surface area contributed by atoms with Crippen LogP contribution < -0.4 is 4.90 Å². The Hall–Kier alpha value is -3.35. The standard InChI is InChI=1S/C29H30F5N3O3S/c1-20(2)37(41(39,40)27-5-3-4-21(18-27)29(32,33)34)26-14-16-35(17-15-26)19-28(38)36(24-10-6-22(30)7-11-24)25-12-8-23(31)9-13-25/h3-13,18,20,26H,14-17,19H2,1-2H3. The van der Waals surface area contributed by atoms with Gasteiger partial charge in [0.1, 0.15) is 11.6 Å². The van der Waals surface area contributed by atoms with E-state index in [-0.39, 0.29) is 12.5 Å². The molecular formula is C29H30F5N3O3S. The summed E-state index contributed by atoms with van der Waals surface area (Å²) >= 11 is 0. The van der Waals surface area contributed by atoms with Gasteiger partial charge in [-0.15, -0.1) is 0 Å². The number of hydrogen-bond donors (Lipinski definition) is 0. The van der Waals surface area contributed by atoms with Gasteiger partial charge in [0.15, 0.2) is 0 Å². The lowest BCUT2D eigenvalue weighted by Gasteiger charge is -2.40. The van der Waals surface area contributed by atoms with Crippen molar-refractivity contribution in [3.05, 3.63) is 90.0 Å². The van der Waals surface area contributed by atoms with Gasteiger partial charge in [0, 0.05) is 36.5 Å². The van der Waals surface area contributed by atoms with Gasteiger partial charge in [0.2, 0.25) is 15.9 Å². The summed E-state index contributed by atoms with van der Waals surface area (Å²) in [4.78, 5) is 16.3. The van der Waals surface area contributed by atoms with Gasteiger partial charge in [-0.3, -0.25) is 14.6 Å². The summed E-state index contributed by atoms with van der Waals surface area (Å²) in [6, 6.07) is 13.4. The third kappa shape index (κ3) is 7.11. The molecule has 1 aliphatic heterocycles. The van der Waals surface area contributed by atoms with Crippen LogP contribution in [0.25, 0.3) is 0 Å². The predicted molar refractivity (Wildman–Crippen MR) is 145 cm³/mol. The van der Waals surface area contributed by atoms with Gasteiger partial charge in [0.05, 0.1) is 17.0 Å². The van der Waals surface area contributed by atoms with Crippen molar-refractivity contribution >= 4 is 27.3 Å². The lowest BCUT2D eigenvalue weighted by atomic mass is 10.0. The third-order valence-electron chi connectivity index (χ3n) is 6.94. The molecule has 0 unspecified atom stereocenters. The molecule has 220 valence electrons. The molecule has 3 aromatic carbocycles. The van der Waals surface area contributed by atoms with Crippen LogP contribution in [0, 0.1) is 11.6 Å². The van der Waals surface area contributed by atoms with Crippen LogP contribution in [0.4, 0.5) is 33.3 Å². The van der Waals surface area contributed by atoms with Crippen LogP contribution in [0.3, 0.4) is 0 Å². The molecular weight excluding hydrogens is 565 g/mol. The smallest absolute Gasteiger partial charge is 0.294 e. The van der Waals surface area contributed by atoms with E-state index >= 15 is 0 Å². The lowest BCUT2D eigenvalue weighted by molar-refractivity contribution is -0.137. The molecule has 6 nitrogen and oxygen atoms in total. The zero-order valence-corrected chi connectivity index (χ0v) is 23.3. The van der Waals surface area contributed by atoms with Gasteiger partial charge in [-0.05, 0) is 93.4 Å². The number of anilines is 2. The Bertz CT molecular complexity index is 1410. The van der Waals surface area contributed by atoms with Crippen molar-refractivity contribution in [2.24, 2.45) is 0 Å². The fraction of sp³-hybridized carbons (Fsp3) is 0.345. The van der Waals surface area contributed by atoms with E-state index in [4.69, 9.17) is 0 Å². The van der Waals surface area contributed by atoms with Crippen LogP contribution in [0.1, 0.15) is 32.3 Å². The Labute approximate surface area is 236 Å². The topological polar surface area (TPSA) is 60.9 Å². The Morgan fingerprint density at radius 1 is 0.902 bits per heavy atom. The number of benzene rings is 3. The number of likely N-dealkylation sites (tertiary alicyclic amines) is 1. The van der Waals surface area contributed by atoms with Crippen molar-refractivity contribution < 1.29 is 35.2 Å². The molecule has 1 fully saturated rings. The van der Waals surface area contributed by atoms with E-state index in [9.17, 15) is 35.2 Å². The SMILES string of the molecule is CC(C)N(C1CCN(CC(=O)N(c2ccc(F)cc2)c2ccc(F)cc2)CC1)S(=O)(=O)c1cccc(C(F)(F)F)c1. The molecule has 0 aromatic heterocycles. The zero-order valence-electron chi connectivity index (χ0n) is 22.5. The molecule has 3 aromatic rings. The summed E-state index contributed by atoms with van der Waals surface area (Å²) in [6.45, 7) is 4.02. The first-order valence-electron chi connectivity index (χ1n) is 13.0. The highest BCUT2D eigenvalue weighted by molar-refractivity contribution is 7.89. The number of nitrogens with zero attached hydrogens (tertiary/aromatic N) is 3. The highest BCUT2D eigenvalue weighted by Gasteiger charge is 2.38. The number of carbonyl (C=O) groups excluding carboxylic acids is 1. The molecule has 0 bridgehead atoms. The number of piperidine rings is 1. The van der Waals surface area contributed by atoms with E-state index in [0.29, 0.717) is 43.4 Å². The number of hydrogen-bond acceptors (Lipinski definition) is 4. The molecule has 0 saturated carbocycles. The van der Waals surface area contributed by atoms with E-state index in [2.05, 4.69) is 0 Å². The number of rotatable bonds is 8. The van der Waals surface area contributed by atoms with Crippen molar-refractivity contribution in [1.82, 2.24) is 9.21 Å². The monoisotopic (exact) mass is 595 g/mol. The zero-order chi connectivity index (χ0) is 29.9. The lowest BCUT2D eigenvalue weighted by Crippen LogP contribution is -2.51. The van der Waals surface area contributed by atoms with Crippen LogP contribution >= 0.6 is 0 Å². The average molecular weight is 596 g/mol. The summed E-state index contributed by atoms with van der Waals surface area (Å²) < 4.78 is 95.1. The number of sulfonamides is 1. The van der Waals surface area contributed by atoms with Gasteiger partial charge in [-0.1, -0.05) is 6.07 Å². The normalized spacial score (nSPS) is 15.4. The molecule has 1 aliphatic rings. The van der Waals surface area contributed by atoms with Gasteiger partial charge in [0.25, 0.3) is 0 Å². The molecule has 41 heavy (non-hydrogen) atoms. The van der Waals surface area contributed by atoms with E-state index in [1.165, 1.54) is 57.7 Å². The number of alkyl halides is 3. The maximum Gasteiger partial charge on any atom is 0.416 e. The Balaban J connectivity index is 1.49. The summed E-state index contributed by atoms with van der Waals surface area (Å²) in [7, 11) is -4.24. The summed E-state index contributed by atoms with van der Waals surface area (Å²) in [5.41, 5.74) is -0.241. The minimum atomic E-state index is -4.68. The molecule has 1 saturated heterocycles. The Morgan fingerprint density at radius 2 is 1.41 bits per heavy atom. The predicted octanol–water partition coefficient (Wildman–Crippen LogP) is 6.21. The van der Waals surface area contributed by atoms with Gasteiger partial charge in [-0.25, -0.2) is 17.2 Å². The van der Waals surface area contributed by atoms with Crippen LogP contribution in [0.5, 0.6) is 0 Å². The van der Waals surface area contributed by atoms with Crippen LogP contribution in [-0.4, -0.2) is 55.2 Å². The first-order valence-corrected chi connectivity index (χ1v) is 14.5. The minimum Gasteiger partial charge on any atom is -0.294 e. The average Bonchev–Trinajstić information content (AvgIpc) is 2.91. The second kappa shape index (κ2) is 12.3. The molecule has 0 spiro atoms. The number of carbonyl (C=O) groups is 1. The van der Waals surface area contributed by atoms with Crippen LogP contribution in [-0.2, 0) is 21.0 Å². The van der Waals surface area contributed by atoms with E-state index in [1.54, 1.807) is 13.8 Å². The maximum absolute atomic E-state index is 13.5. The second-order valence-corrected chi connectivity index (χ2v) is 12.0. The first-order chi connectivity index (χ1) is 19.3. The Morgan fingerprint density at radius 3 is 1.88 bits per heavy atom. The molecule has 0 radical (unpaired) electrons. The van der Waals surface area contributed by atoms with Crippen molar-refractivity contribution in [3.8, 4) is 0 Å². The number of halogens is 5.